The van der Waals surface area contributed by atoms with Gasteiger partial charge in [-0.1, -0.05) is 0 Å². The minimum atomic E-state index is 0.0182. The van der Waals surface area contributed by atoms with Gasteiger partial charge in [-0.05, 0) is 31.1 Å². The highest BCUT2D eigenvalue weighted by Crippen LogP contribution is 2.40. The molecule has 0 unspecified atom stereocenters. The Morgan fingerprint density at radius 3 is 2.60 bits per heavy atom. The standard InChI is InChI=1S/C15H18N2O2S/c16-9-12-10-20-11-13(12)14(18)17-5-1-15(2-6-17)3-7-19-8-4-15/h10-11H,1-8H2. The quantitative estimate of drug-likeness (QED) is 0.799. The lowest BCUT2D eigenvalue weighted by Gasteiger charge is -2.44. The number of thiophene rings is 1. The molecule has 1 aromatic heterocycles. The fourth-order valence-corrected chi connectivity index (χ4v) is 3.96. The Morgan fingerprint density at radius 1 is 1.25 bits per heavy atom. The van der Waals surface area contributed by atoms with E-state index in [1.165, 1.54) is 11.3 Å². The fourth-order valence-electron chi connectivity index (χ4n) is 3.21. The molecule has 0 aromatic carbocycles. The van der Waals surface area contributed by atoms with E-state index in [0.717, 1.165) is 52.0 Å². The second kappa shape index (κ2) is 5.55. The summed E-state index contributed by atoms with van der Waals surface area (Å²) >= 11 is 1.42. The van der Waals surface area contributed by atoms with Crippen molar-refractivity contribution in [2.24, 2.45) is 5.41 Å². The highest BCUT2D eigenvalue weighted by Gasteiger charge is 2.37. The van der Waals surface area contributed by atoms with Crippen LogP contribution in [0.25, 0.3) is 0 Å². The first-order valence-electron chi connectivity index (χ1n) is 7.07. The zero-order valence-electron chi connectivity index (χ0n) is 11.4. The van der Waals surface area contributed by atoms with E-state index in [9.17, 15) is 4.79 Å². The van der Waals surface area contributed by atoms with Gasteiger partial charge in [0, 0.05) is 37.1 Å². The number of nitriles is 1. The average molecular weight is 290 g/mol. The molecule has 0 bridgehead atoms. The molecule has 0 saturated carbocycles. The summed E-state index contributed by atoms with van der Waals surface area (Å²) < 4.78 is 5.45. The van der Waals surface area contributed by atoms with Crippen LogP contribution in [-0.2, 0) is 4.74 Å². The zero-order valence-corrected chi connectivity index (χ0v) is 12.2. The molecular weight excluding hydrogens is 272 g/mol. The van der Waals surface area contributed by atoms with E-state index in [2.05, 4.69) is 6.07 Å². The van der Waals surface area contributed by atoms with Gasteiger partial charge < -0.3 is 9.64 Å². The predicted molar refractivity (Wildman–Crippen MR) is 76.7 cm³/mol. The van der Waals surface area contributed by atoms with Crippen molar-refractivity contribution >= 4 is 17.2 Å². The lowest BCUT2D eigenvalue weighted by molar-refractivity contribution is -0.0175. The summed E-state index contributed by atoms with van der Waals surface area (Å²) in [6.45, 7) is 3.33. The Labute approximate surface area is 123 Å². The highest BCUT2D eigenvalue weighted by atomic mass is 32.1. The average Bonchev–Trinajstić information content (AvgIpc) is 2.97. The second-order valence-electron chi connectivity index (χ2n) is 5.72. The van der Waals surface area contributed by atoms with Gasteiger partial charge in [-0.15, -0.1) is 0 Å². The van der Waals surface area contributed by atoms with Crippen LogP contribution in [0.4, 0.5) is 0 Å². The van der Waals surface area contributed by atoms with Gasteiger partial charge in [0.05, 0.1) is 11.1 Å². The molecular formula is C15H18N2O2S. The number of hydrogen-bond donors (Lipinski definition) is 0. The van der Waals surface area contributed by atoms with Gasteiger partial charge in [0.2, 0.25) is 0 Å². The number of amides is 1. The topological polar surface area (TPSA) is 53.3 Å². The smallest absolute Gasteiger partial charge is 0.256 e. The normalized spacial score (nSPS) is 21.6. The largest absolute Gasteiger partial charge is 0.381 e. The molecule has 3 heterocycles. The molecule has 2 aliphatic heterocycles. The number of piperidine rings is 1. The third-order valence-corrected chi connectivity index (χ3v) is 5.42. The molecule has 2 saturated heterocycles. The Hall–Kier alpha value is -1.38. The molecule has 20 heavy (non-hydrogen) atoms. The van der Waals surface area contributed by atoms with Crippen molar-refractivity contribution in [2.75, 3.05) is 26.3 Å². The number of carbonyl (C=O) groups excluding carboxylic acids is 1. The number of rotatable bonds is 1. The van der Waals surface area contributed by atoms with E-state index >= 15 is 0 Å². The van der Waals surface area contributed by atoms with Gasteiger partial charge in [-0.3, -0.25) is 4.79 Å². The van der Waals surface area contributed by atoms with Crippen LogP contribution in [0, 0.1) is 16.7 Å². The Balaban J connectivity index is 1.66. The van der Waals surface area contributed by atoms with E-state index in [-0.39, 0.29) is 5.91 Å². The number of ether oxygens (including phenoxy) is 1. The monoisotopic (exact) mass is 290 g/mol. The summed E-state index contributed by atoms with van der Waals surface area (Å²) in [5.74, 6) is 0.0182. The first kappa shape index (κ1) is 13.6. The van der Waals surface area contributed by atoms with Crippen LogP contribution in [0.15, 0.2) is 10.8 Å². The minimum Gasteiger partial charge on any atom is -0.381 e. The third kappa shape index (κ3) is 2.46. The molecule has 2 fully saturated rings. The van der Waals surface area contributed by atoms with Crippen molar-refractivity contribution in [1.29, 1.82) is 5.26 Å². The van der Waals surface area contributed by atoms with Gasteiger partial charge in [-0.25, -0.2) is 0 Å². The summed E-state index contributed by atoms with van der Waals surface area (Å²) in [5.41, 5.74) is 1.47. The second-order valence-corrected chi connectivity index (χ2v) is 6.46. The van der Waals surface area contributed by atoms with E-state index in [1.54, 1.807) is 10.8 Å². The van der Waals surface area contributed by atoms with E-state index < -0.39 is 0 Å². The molecule has 0 atom stereocenters. The lowest BCUT2D eigenvalue weighted by atomic mass is 9.72. The van der Waals surface area contributed by atoms with E-state index in [1.807, 2.05) is 4.90 Å². The summed E-state index contributed by atoms with van der Waals surface area (Å²) in [5, 5.41) is 12.6. The first-order chi connectivity index (χ1) is 9.74. The van der Waals surface area contributed by atoms with Gasteiger partial charge in [0.15, 0.2) is 0 Å². The maximum absolute atomic E-state index is 12.5. The van der Waals surface area contributed by atoms with Crippen molar-refractivity contribution in [2.45, 2.75) is 25.7 Å². The molecule has 0 N–H and O–H groups in total. The summed E-state index contributed by atoms with van der Waals surface area (Å²) in [6.07, 6.45) is 4.37. The van der Waals surface area contributed by atoms with Crippen LogP contribution in [0.5, 0.6) is 0 Å². The molecule has 0 aliphatic carbocycles. The Bertz CT molecular complexity index is 530. The summed E-state index contributed by atoms with van der Waals surface area (Å²) in [6, 6.07) is 2.10. The lowest BCUT2D eigenvalue weighted by Crippen LogP contribution is -2.45. The van der Waals surface area contributed by atoms with Gasteiger partial charge in [0.25, 0.3) is 5.91 Å². The van der Waals surface area contributed by atoms with Crippen LogP contribution in [0.3, 0.4) is 0 Å². The minimum absolute atomic E-state index is 0.0182. The maximum Gasteiger partial charge on any atom is 0.256 e. The molecule has 3 rings (SSSR count). The van der Waals surface area contributed by atoms with Crippen molar-refractivity contribution in [3.05, 3.63) is 21.9 Å². The van der Waals surface area contributed by atoms with Crippen LogP contribution in [0.2, 0.25) is 0 Å². The fraction of sp³-hybridized carbons (Fsp3) is 0.600. The first-order valence-corrected chi connectivity index (χ1v) is 8.02. The summed E-state index contributed by atoms with van der Waals surface area (Å²) in [7, 11) is 0. The molecule has 5 heteroatoms. The molecule has 106 valence electrons. The van der Waals surface area contributed by atoms with Gasteiger partial charge in [-0.2, -0.15) is 16.6 Å². The van der Waals surface area contributed by atoms with Crippen LogP contribution in [-0.4, -0.2) is 37.1 Å². The van der Waals surface area contributed by atoms with E-state index in [4.69, 9.17) is 10.00 Å². The zero-order chi connectivity index (χ0) is 14.0. The molecule has 4 nitrogen and oxygen atoms in total. The number of likely N-dealkylation sites (tertiary alicyclic amines) is 1. The van der Waals surface area contributed by atoms with Gasteiger partial charge >= 0.3 is 0 Å². The van der Waals surface area contributed by atoms with Crippen molar-refractivity contribution in [1.82, 2.24) is 4.90 Å². The predicted octanol–water partition coefficient (Wildman–Crippen LogP) is 2.65. The van der Waals surface area contributed by atoms with Crippen LogP contribution < -0.4 is 0 Å². The van der Waals surface area contributed by atoms with Crippen LogP contribution >= 0.6 is 11.3 Å². The van der Waals surface area contributed by atoms with Crippen LogP contribution in [0.1, 0.15) is 41.6 Å². The summed E-state index contributed by atoms with van der Waals surface area (Å²) in [4.78, 5) is 14.4. The maximum atomic E-state index is 12.5. The Morgan fingerprint density at radius 2 is 1.95 bits per heavy atom. The molecule has 1 spiro atoms. The highest BCUT2D eigenvalue weighted by molar-refractivity contribution is 7.08. The van der Waals surface area contributed by atoms with Crippen molar-refractivity contribution in [3.8, 4) is 6.07 Å². The number of hydrogen-bond acceptors (Lipinski definition) is 4. The molecule has 0 radical (unpaired) electrons. The number of carbonyl (C=O) groups is 1. The third-order valence-electron chi connectivity index (χ3n) is 4.68. The van der Waals surface area contributed by atoms with E-state index in [0.29, 0.717) is 16.5 Å². The molecule has 1 amide bonds. The number of nitrogens with zero attached hydrogens (tertiary/aromatic N) is 2. The molecule has 1 aromatic rings. The van der Waals surface area contributed by atoms with Crippen molar-refractivity contribution < 1.29 is 9.53 Å². The SMILES string of the molecule is N#Cc1cscc1C(=O)N1CCC2(CCOCC2)CC1. The van der Waals surface area contributed by atoms with Gasteiger partial charge in [0.1, 0.15) is 6.07 Å². The van der Waals surface area contributed by atoms with Crippen molar-refractivity contribution in [3.63, 3.8) is 0 Å². The Kier molecular flexibility index (Phi) is 3.77. The molecule has 2 aliphatic rings.